The average molecular weight is 392 g/mol. The molecule has 1 amide bonds. The number of carbonyl (C=O) groups is 1. The Morgan fingerprint density at radius 3 is 2.29 bits per heavy atom. The number of amides is 1. The van der Waals surface area contributed by atoms with Crippen molar-refractivity contribution in [3.63, 3.8) is 0 Å². The molecule has 152 valence electrons. The Morgan fingerprint density at radius 1 is 1.11 bits per heavy atom. The van der Waals surface area contributed by atoms with Gasteiger partial charge < -0.3 is 33.9 Å². The zero-order valence-electron chi connectivity index (χ0n) is 16.3. The van der Waals surface area contributed by atoms with Gasteiger partial charge in [0.1, 0.15) is 0 Å². The lowest BCUT2D eigenvalue weighted by Gasteiger charge is -2.15. The molecule has 1 aromatic carbocycles. The standard InChI is InChI=1S/C19H24N2O7/c1-12-18(14(23)5-6-21(12)7-8-22)28-11-17(24)20-13-9-15(25-2)19(27-4)16(10-13)26-3/h5-6,9-10,22H,7-8,11H2,1-4H3,(H,20,24). The van der Waals surface area contributed by atoms with Crippen molar-refractivity contribution in [2.45, 2.75) is 13.5 Å². The van der Waals surface area contributed by atoms with Gasteiger partial charge in [0.25, 0.3) is 5.91 Å². The summed E-state index contributed by atoms with van der Waals surface area (Å²) in [5.74, 6) is 0.790. The molecule has 0 aliphatic heterocycles. The van der Waals surface area contributed by atoms with Crippen LogP contribution >= 0.6 is 0 Å². The fraction of sp³-hybridized carbons (Fsp3) is 0.368. The molecule has 0 atom stereocenters. The van der Waals surface area contributed by atoms with Crippen LogP contribution in [0.4, 0.5) is 5.69 Å². The Balaban J connectivity index is 2.14. The molecule has 1 aromatic heterocycles. The third kappa shape index (κ3) is 4.74. The second-order valence-electron chi connectivity index (χ2n) is 5.76. The fourth-order valence-corrected chi connectivity index (χ4v) is 2.67. The summed E-state index contributed by atoms with van der Waals surface area (Å²) >= 11 is 0. The quantitative estimate of drug-likeness (QED) is 0.660. The number of hydrogen-bond acceptors (Lipinski definition) is 7. The molecule has 0 saturated carbocycles. The summed E-state index contributed by atoms with van der Waals surface area (Å²) in [6, 6.07) is 4.50. The Morgan fingerprint density at radius 2 is 1.75 bits per heavy atom. The summed E-state index contributed by atoms with van der Waals surface area (Å²) in [7, 11) is 4.43. The van der Waals surface area contributed by atoms with Crippen LogP contribution in [-0.4, -0.2) is 50.1 Å². The average Bonchev–Trinajstić information content (AvgIpc) is 2.69. The van der Waals surface area contributed by atoms with Gasteiger partial charge in [0.05, 0.1) is 33.6 Å². The van der Waals surface area contributed by atoms with E-state index in [0.29, 0.717) is 35.2 Å². The SMILES string of the molecule is COc1cc(NC(=O)COc2c(C)n(CCO)ccc2=O)cc(OC)c1OC. The van der Waals surface area contributed by atoms with Crippen LogP contribution in [0.5, 0.6) is 23.0 Å². The zero-order valence-corrected chi connectivity index (χ0v) is 16.3. The first-order chi connectivity index (χ1) is 13.4. The third-order valence-electron chi connectivity index (χ3n) is 4.03. The van der Waals surface area contributed by atoms with Gasteiger partial charge in [-0.3, -0.25) is 9.59 Å². The number of anilines is 1. The van der Waals surface area contributed by atoms with E-state index in [-0.39, 0.29) is 24.4 Å². The maximum absolute atomic E-state index is 12.3. The van der Waals surface area contributed by atoms with Crippen molar-refractivity contribution in [2.75, 3.05) is 39.9 Å². The molecule has 0 spiro atoms. The van der Waals surface area contributed by atoms with Crippen LogP contribution in [0.3, 0.4) is 0 Å². The van der Waals surface area contributed by atoms with Gasteiger partial charge in [0, 0.05) is 36.6 Å². The van der Waals surface area contributed by atoms with E-state index in [1.807, 2.05) is 0 Å². The number of aliphatic hydroxyl groups excluding tert-OH is 1. The number of benzene rings is 1. The maximum Gasteiger partial charge on any atom is 0.262 e. The van der Waals surface area contributed by atoms with Gasteiger partial charge in [-0.15, -0.1) is 0 Å². The number of carbonyl (C=O) groups excluding carboxylic acids is 1. The fourth-order valence-electron chi connectivity index (χ4n) is 2.67. The molecule has 0 unspecified atom stereocenters. The lowest BCUT2D eigenvalue weighted by Crippen LogP contribution is -2.24. The minimum absolute atomic E-state index is 0.0657. The summed E-state index contributed by atoms with van der Waals surface area (Å²) in [6.07, 6.45) is 1.57. The number of hydrogen-bond donors (Lipinski definition) is 2. The summed E-state index contributed by atoms with van der Waals surface area (Å²) in [4.78, 5) is 24.3. The molecular formula is C19H24N2O7. The van der Waals surface area contributed by atoms with Crippen LogP contribution in [0.15, 0.2) is 29.2 Å². The second kappa shape index (κ2) is 9.65. The molecule has 0 radical (unpaired) electrons. The van der Waals surface area contributed by atoms with Gasteiger partial charge in [-0.25, -0.2) is 0 Å². The summed E-state index contributed by atoms with van der Waals surface area (Å²) < 4.78 is 22.8. The first kappa shape index (κ1) is 21.1. The molecule has 2 N–H and O–H groups in total. The molecule has 0 fully saturated rings. The van der Waals surface area contributed by atoms with E-state index in [1.165, 1.54) is 27.4 Å². The first-order valence-electron chi connectivity index (χ1n) is 8.48. The van der Waals surface area contributed by atoms with Gasteiger partial charge in [-0.2, -0.15) is 0 Å². The van der Waals surface area contributed by atoms with Crippen molar-refractivity contribution >= 4 is 11.6 Å². The number of nitrogens with zero attached hydrogens (tertiary/aromatic N) is 1. The molecule has 9 nitrogen and oxygen atoms in total. The highest BCUT2D eigenvalue weighted by atomic mass is 16.5. The summed E-state index contributed by atoms with van der Waals surface area (Å²) in [5, 5.41) is 11.7. The number of aromatic nitrogens is 1. The van der Waals surface area contributed by atoms with Crippen molar-refractivity contribution < 1.29 is 28.8 Å². The highest BCUT2D eigenvalue weighted by Crippen LogP contribution is 2.39. The normalized spacial score (nSPS) is 10.3. The zero-order chi connectivity index (χ0) is 20.7. The van der Waals surface area contributed by atoms with Crippen LogP contribution in [0.2, 0.25) is 0 Å². The number of rotatable bonds is 9. The maximum atomic E-state index is 12.3. The van der Waals surface area contributed by atoms with Gasteiger partial charge in [-0.1, -0.05) is 0 Å². The van der Waals surface area contributed by atoms with Crippen LogP contribution in [0.1, 0.15) is 5.69 Å². The van der Waals surface area contributed by atoms with Gasteiger partial charge in [-0.05, 0) is 6.92 Å². The van der Waals surface area contributed by atoms with Crippen LogP contribution in [0.25, 0.3) is 0 Å². The van der Waals surface area contributed by atoms with Crippen LogP contribution in [0, 0.1) is 6.92 Å². The lowest BCUT2D eigenvalue weighted by atomic mass is 10.2. The van der Waals surface area contributed by atoms with Gasteiger partial charge >= 0.3 is 0 Å². The van der Waals surface area contributed by atoms with Gasteiger partial charge in [0.15, 0.2) is 23.9 Å². The van der Waals surface area contributed by atoms with Crippen molar-refractivity contribution in [3.05, 3.63) is 40.3 Å². The Hall–Kier alpha value is -3.20. The minimum Gasteiger partial charge on any atom is -0.493 e. The first-order valence-corrected chi connectivity index (χ1v) is 8.48. The predicted molar refractivity (Wildman–Crippen MR) is 103 cm³/mol. The van der Waals surface area contributed by atoms with E-state index in [2.05, 4.69) is 5.32 Å². The largest absolute Gasteiger partial charge is 0.493 e. The monoisotopic (exact) mass is 392 g/mol. The number of pyridine rings is 1. The highest BCUT2D eigenvalue weighted by Gasteiger charge is 2.15. The lowest BCUT2D eigenvalue weighted by molar-refractivity contribution is -0.118. The molecule has 28 heavy (non-hydrogen) atoms. The van der Waals surface area contributed by atoms with Crippen molar-refractivity contribution in [2.24, 2.45) is 0 Å². The molecule has 0 saturated heterocycles. The topological polar surface area (TPSA) is 108 Å². The number of nitrogens with one attached hydrogen (secondary N) is 1. The highest BCUT2D eigenvalue weighted by molar-refractivity contribution is 5.92. The Labute approximate surface area is 162 Å². The molecule has 0 aliphatic rings. The van der Waals surface area contributed by atoms with Crippen molar-refractivity contribution in [1.82, 2.24) is 4.57 Å². The van der Waals surface area contributed by atoms with E-state index in [1.54, 1.807) is 29.8 Å². The number of aliphatic hydroxyl groups is 1. The summed E-state index contributed by atoms with van der Waals surface area (Å²) in [5.41, 5.74) is 0.611. The van der Waals surface area contributed by atoms with Crippen molar-refractivity contribution in [3.8, 4) is 23.0 Å². The van der Waals surface area contributed by atoms with E-state index in [4.69, 9.17) is 24.1 Å². The molecule has 2 rings (SSSR count). The van der Waals surface area contributed by atoms with Gasteiger partial charge in [0.2, 0.25) is 11.2 Å². The van der Waals surface area contributed by atoms with E-state index < -0.39 is 5.91 Å². The van der Waals surface area contributed by atoms with E-state index >= 15 is 0 Å². The molecule has 0 bridgehead atoms. The number of ether oxygens (including phenoxy) is 4. The Kier molecular flexibility index (Phi) is 7.28. The molecule has 9 heteroatoms. The minimum atomic E-state index is -0.467. The van der Waals surface area contributed by atoms with Crippen LogP contribution < -0.4 is 29.7 Å². The van der Waals surface area contributed by atoms with Crippen molar-refractivity contribution in [1.29, 1.82) is 0 Å². The second-order valence-corrected chi connectivity index (χ2v) is 5.76. The molecular weight excluding hydrogens is 368 g/mol. The molecule has 2 aromatic rings. The Bertz CT molecular complexity index is 867. The van der Waals surface area contributed by atoms with Crippen LogP contribution in [-0.2, 0) is 11.3 Å². The number of methoxy groups -OCH3 is 3. The predicted octanol–water partition coefficient (Wildman–Crippen LogP) is 1.19. The molecule has 1 heterocycles. The van der Waals surface area contributed by atoms with E-state index in [9.17, 15) is 9.59 Å². The van der Waals surface area contributed by atoms with E-state index in [0.717, 1.165) is 0 Å². The molecule has 0 aliphatic carbocycles. The summed E-state index contributed by atoms with van der Waals surface area (Å²) in [6.45, 7) is 1.56. The smallest absolute Gasteiger partial charge is 0.262 e. The third-order valence-corrected chi connectivity index (χ3v) is 4.03.